The molecule has 5 heteroatoms. The molecule has 1 saturated carbocycles. The molecule has 0 aromatic heterocycles. The van der Waals surface area contributed by atoms with E-state index in [1.165, 1.54) is 4.90 Å². The standard InChI is InChI=1S/C24H26N2O3/c1-14-7-12-19-20(13-14)24(29)26(23(19)28)18-10-8-17(9-11-18)22(27)25-21-6-4-5-15(2)16(21)3/h4-6,8-11,14,19-20H,7,12-13H2,1-3H3,(H,25,27)/t14-,19-,20+/m1/s1. The van der Waals surface area contributed by atoms with Gasteiger partial charge < -0.3 is 5.32 Å². The second-order valence-electron chi connectivity index (χ2n) is 8.39. The highest BCUT2D eigenvalue weighted by Gasteiger charge is 2.49. The zero-order valence-electron chi connectivity index (χ0n) is 17.1. The molecule has 1 aliphatic heterocycles. The molecule has 3 atom stereocenters. The first-order chi connectivity index (χ1) is 13.9. The van der Waals surface area contributed by atoms with Gasteiger partial charge >= 0.3 is 0 Å². The maximum atomic E-state index is 12.9. The Morgan fingerprint density at radius 3 is 2.38 bits per heavy atom. The van der Waals surface area contributed by atoms with E-state index >= 15 is 0 Å². The third-order valence-corrected chi connectivity index (χ3v) is 6.43. The minimum absolute atomic E-state index is 0.0977. The van der Waals surface area contributed by atoms with Gasteiger partial charge in [0, 0.05) is 11.3 Å². The number of carbonyl (C=O) groups excluding carboxylic acids is 3. The van der Waals surface area contributed by atoms with Gasteiger partial charge in [0.2, 0.25) is 11.8 Å². The maximum absolute atomic E-state index is 12.9. The first-order valence-corrected chi connectivity index (χ1v) is 10.2. The van der Waals surface area contributed by atoms with Gasteiger partial charge in [0.1, 0.15) is 0 Å². The Bertz CT molecular complexity index is 980. The summed E-state index contributed by atoms with van der Waals surface area (Å²) in [5, 5.41) is 2.93. The molecule has 3 amide bonds. The van der Waals surface area contributed by atoms with Crippen molar-refractivity contribution >= 4 is 29.1 Å². The summed E-state index contributed by atoms with van der Waals surface area (Å²) in [6, 6.07) is 12.5. The molecule has 0 bridgehead atoms. The van der Waals surface area contributed by atoms with Gasteiger partial charge in [-0.05, 0) is 80.5 Å². The molecule has 1 saturated heterocycles. The first kappa shape index (κ1) is 19.4. The molecule has 0 unspecified atom stereocenters. The second kappa shape index (κ2) is 7.47. The van der Waals surface area contributed by atoms with Crippen molar-refractivity contribution in [3.05, 3.63) is 59.2 Å². The summed E-state index contributed by atoms with van der Waals surface area (Å²) in [5.74, 6) is -0.320. The molecule has 0 radical (unpaired) electrons. The van der Waals surface area contributed by atoms with Crippen LogP contribution in [-0.2, 0) is 9.59 Å². The summed E-state index contributed by atoms with van der Waals surface area (Å²) in [4.78, 5) is 39.6. The average molecular weight is 390 g/mol. The van der Waals surface area contributed by atoms with Gasteiger partial charge in [-0.1, -0.05) is 19.1 Å². The first-order valence-electron chi connectivity index (χ1n) is 10.2. The number of hydrogen-bond acceptors (Lipinski definition) is 3. The van der Waals surface area contributed by atoms with E-state index in [-0.39, 0.29) is 29.6 Å². The number of anilines is 2. The zero-order valence-corrected chi connectivity index (χ0v) is 17.1. The van der Waals surface area contributed by atoms with E-state index < -0.39 is 0 Å². The van der Waals surface area contributed by atoms with Crippen molar-refractivity contribution in [2.24, 2.45) is 17.8 Å². The quantitative estimate of drug-likeness (QED) is 0.786. The Hall–Kier alpha value is -2.95. The molecule has 2 aliphatic rings. The van der Waals surface area contributed by atoms with Crippen LogP contribution >= 0.6 is 0 Å². The lowest BCUT2D eigenvalue weighted by atomic mass is 9.76. The third kappa shape index (κ3) is 3.46. The van der Waals surface area contributed by atoms with E-state index in [0.29, 0.717) is 17.2 Å². The molecule has 150 valence electrons. The van der Waals surface area contributed by atoms with Crippen molar-refractivity contribution in [2.45, 2.75) is 40.0 Å². The molecule has 1 N–H and O–H groups in total. The molecule has 29 heavy (non-hydrogen) atoms. The number of aryl methyl sites for hydroxylation is 1. The van der Waals surface area contributed by atoms with Gasteiger partial charge in [-0.3, -0.25) is 19.3 Å². The monoisotopic (exact) mass is 390 g/mol. The number of hydrogen-bond donors (Lipinski definition) is 1. The van der Waals surface area contributed by atoms with Crippen LogP contribution in [0.15, 0.2) is 42.5 Å². The van der Waals surface area contributed by atoms with Gasteiger partial charge in [0.05, 0.1) is 17.5 Å². The van der Waals surface area contributed by atoms with Gasteiger partial charge in [-0.2, -0.15) is 0 Å². The molecule has 1 aliphatic carbocycles. The van der Waals surface area contributed by atoms with Crippen molar-refractivity contribution in [3.8, 4) is 0 Å². The smallest absolute Gasteiger partial charge is 0.255 e. The van der Waals surface area contributed by atoms with E-state index in [1.54, 1.807) is 24.3 Å². The van der Waals surface area contributed by atoms with Crippen LogP contribution in [0.2, 0.25) is 0 Å². The fraction of sp³-hybridized carbons (Fsp3) is 0.375. The highest BCUT2D eigenvalue weighted by atomic mass is 16.2. The average Bonchev–Trinajstić information content (AvgIpc) is 2.95. The minimum Gasteiger partial charge on any atom is -0.322 e. The number of rotatable bonds is 3. The van der Waals surface area contributed by atoms with Crippen LogP contribution in [0.3, 0.4) is 0 Å². The zero-order chi connectivity index (χ0) is 20.7. The third-order valence-electron chi connectivity index (χ3n) is 6.43. The Kier molecular flexibility index (Phi) is 4.99. The van der Waals surface area contributed by atoms with Crippen molar-refractivity contribution in [3.63, 3.8) is 0 Å². The van der Waals surface area contributed by atoms with Gasteiger partial charge in [-0.25, -0.2) is 0 Å². The highest BCUT2D eigenvalue weighted by molar-refractivity contribution is 6.22. The summed E-state index contributed by atoms with van der Waals surface area (Å²) in [6.07, 6.45) is 2.55. The predicted octanol–water partition coefficient (Wildman–Crippen LogP) is 4.48. The molecular formula is C24H26N2O3. The second-order valence-corrected chi connectivity index (χ2v) is 8.39. The van der Waals surface area contributed by atoms with Crippen LogP contribution in [0, 0.1) is 31.6 Å². The minimum atomic E-state index is -0.216. The molecule has 1 heterocycles. The van der Waals surface area contributed by atoms with E-state index in [2.05, 4.69) is 12.2 Å². The Balaban J connectivity index is 1.52. The van der Waals surface area contributed by atoms with Crippen molar-refractivity contribution < 1.29 is 14.4 Å². The van der Waals surface area contributed by atoms with Crippen molar-refractivity contribution in [1.29, 1.82) is 0 Å². The molecule has 2 aromatic rings. The Morgan fingerprint density at radius 2 is 1.66 bits per heavy atom. The fourth-order valence-corrected chi connectivity index (χ4v) is 4.49. The molecule has 2 fully saturated rings. The Morgan fingerprint density at radius 1 is 0.966 bits per heavy atom. The normalized spacial score (nSPS) is 23.8. The topological polar surface area (TPSA) is 66.5 Å². The van der Waals surface area contributed by atoms with E-state index in [0.717, 1.165) is 36.1 Å². The number of benzene rings is 2. The summed E-state index contributed by atoms with van der Waals surface area (Å²) in [5.41, 5.74) is 3.95. The van der Waals surface area contributed by atoms with Crippen molar-refractivity contribution in [1.82, 2.24) is 0 Å². The van der Waals surface area contributed by atoms with Crippen LogP contribution in [0.1, 0.15) is 47.7 Å². The maximum Gasteiger partial charge on any atom is 0.255 e. The van der Waals surface area contributed by atoms with Crippen LogP contribution < -0.4 is 10.2 Å². The van der Waals surface area contributed by atoms with Gasteiger partial charge in [0.15, 0.2) is 0 Å². The van der Waals surface area contributed by atoms with E-state index in [9.17, 15) is 14.4 Å². The SMILES string of the molecule is Cc1cccc(NC(=O)c2ccc(N3C(=O)[C@H]4C[C@H](C)CC[C@H]4C3=O)cc2)c1C. The van der Waals surface area contributed by atoms with Crippen LogP contribution in [0.5, 0.6) is 0 Å². The lowest BCUT2D eigenvalue weighted by molar-refractivity contribution is -0.122. The molecular weight excluding hydrogens is 364 g/mol. The van der Waals surface area contributed by atoms with Crippen LogP contribution in [0.25, 0.3) is 0 Å². The lowest BCUT2D eigenvalue weighted by Gasteiger charge is -2.25. The fourth-order valence-electron chi connectivity index (χ4n) is 4.49. The van der Waals surface area contributed by atoms with E-state index in [1.807, 2.05) is 32.0 Å². The van der Waals surface area contributed by atoms with Crippen molar-refractivity contribution in [2.75, 3.05) is 10.2 Å². The molecule has 2 aromatic carbocycles. The van der Waals surface area contributed by atoms with Gasteiger partial charge in [-0.15, -0.1) is 0 Å². The molecule has 5 nitrogen and oxygen atoms in total. The number of fused-ring (bicyclic) bond motifs is 1. The summed E-state index contributed by atoms with van der Waals surface area (Å²) < 4.78 is 0. The number of nitrogens with one attached hydrogen (secondary N) is 1. The van der Waals surface area contributed by atoms with Crippen LogP contribution in [-0.4, -0.2) is 17.7 Å². The van der Waals surface area contributed by atoms with Gasteiger partial charge in [0.25, 0.3) is 5.91 Å². The summed E-state index contributed by atoms with van der Waals surface area (Å²) in [6.45, 7) is 6.11. The molecule has 4 rings (SSSR count). The van der Waals surface area contributed by atoms with Crippen LogP contribution in [0.4, 0.5) is 11.4 Å². The largest absolute Gasteiger partial charge is 0.322 e. The summed E-state index contributed by atoms with van der Waals surface area (Å²) >= 11 is 0. The number of imide groups is 1. The number of nitrogens with zero attached hydrogens (tertiary/aromatic N) is 1. The lowest BCUT2D eigenvalue weighted by Crippen LogP contribution is -2.30. The predicted molar refractivity (Wildman–Crippen MR) is 113 cm³/mol. The molecule has 0 spiro atoms. The van der Waals surface area contributed by atoms with E-state index in [4.69, 9.17) is 0 Å². The highest BCUT2D eigenvalue weighted by Crippen LogP contribution is 2.42. The summed E-state index contributed by atoms with van der Waals surface area (Å²) in [7, 11) is 0. The number of carbonyl (C=O) groups is 3. The number of amides is 3. The Labute approximate surface area is 171 Å².